The van der Waals surface area contributed by atoms with Gasteiger partial charge in [0.25, 0.3) is 0 Å². The first-order valence-corrected chi connectivity index (χ1v) is 18.2. The normalized spacial score (nSPS) is 18.4. The minimum atomic E-state index is -0.502. The number of anilines is 1. The number of aromatic amines is 1. The van der Waals surface area contributed by atoms with E-state index >= 15 is 0 Å². The van der Waals surface area contributed by atoms with E-state index in [1.165, 1.54) is 0 Å². The van der Waals surface area contributed by atoms with Gasteiger partial charge in [-0.1, -0.05) is 25.6 Å². The summed E-state index contributed by atoms with van der Waals surface area (Å²) in [6, 6.07) is 6.72. The van der Waals surface area contributed by atoms with Gasteiger partial charge in [-0.25, -0.2) is 4.79 Å². The van der Waals surface area contributed by atoms with Crippen LogP contribution in [0.2, 0.25) is 0 Å². The lowest BCUT2D eigenvalue weighted by molar-refractivity contribution is -0.0434. The Morgan fingerprint density at radius 2 is 1.80 bits per heavy atom. The number of fused-ring (bicyclic) bond motifs is 2. The first kappa shape index (κ1) is 34.1. The minimum absolute atomic E-state index is 0.0472. The fraction of sp³-hybridized carbons (Fsp3) is 0.538. The number of likely N-dealkylation sites (tertiary alicyclic amines) is 2. The van der Waals surface area contributed by atoms with Crippen LogP contribution in [0.1, 0.15) is 71.4 Å². The van der Waals surface area contributed by atoms with Crippen molar-refractivity contribution in [3.05, 3.63) is 42.1 Å². The molecule has 5 heterocycles. The molecule has 2 aromatic heterocycles. The van der Waals surface area contributed by atoms with Crippen LogP contribution in [0.15, 0.2) is 31.0 Å². The zero-order valence-electron chi connectivity index (χ0n) is 30.5. The number of aryl methyl sites for hydroxylation is 1. The first-order chi connectivity index (χ1) is 24.0. The van der Waals surface area contributed by atoms with E-state index in [4.69, 9.17) is 24.2 Å². The van der Waals surface area contributed by atoms with Gasteiger partial charge >= 0.3 is 12.1 Å². The Hall–Kier alpha value is -4.38. The van der Waals surface area contributed by atoms with Gasteiger partial charge < -0.3 is 28.9 Å². The topological polar surface area (TPSA) is 109 Å². The van der Waals surface area contributed by atoms with Crippen LogP contribution in [0.4, 0.5) is 10.6 Å². The maximum absolute atomic E-state index is 12.7. The van der Waals surface area contributed by atoms with Gasteiger partial charge in [0.05, 0.1) is 18.3 Å². The average molecular weight is 682 g/mol. The number of hydrogen-bond donors (Lipinski definition) is 1. The summed E-state index contributed by atoms with van der Waals surface area (Å²) >= 11 is 0. The summed E-state index contributed by atoms with van der Waals surface area (Å²) in [5, 5.41) is 9.43. The van der Waals surface area contributed by atoms with Crippen LogP contribution in [0.25, 0.3) is 39.0 Å². The number of aromatic nitrogens is 4. The van der Waals surface area contributed by atoms with E-state index in [-0.39, 0.29) is 17.6 Å². The summed E-state index contributed by atoms with van der Waals surface area (Å²) in [5.74, 6) is 1.55. The third kappa shape index (κ3) is 6.48. The molecule has 0 saturated carbocycles. The van der Waals surface area contributed by atoms with E-state index in [2.05, 4.69) is 58.6 Å². The second-order valence-electron chi connectivity index (χ2n) is 15.2. The Balaban J connectivity index is 1.28. The Bertz CT molecular complexity index is 1890. The molecule has 0 unspecified atom stereocenters. The largest absolute Gasteiger partial charge is 0.491 e. The second-order valence-corrected chi connectivity index (χ2v) is 15.2. The third-order valence-corrected chi connectivity index (χ3v) is 10.6. The van der Waals surface area contributed by atoms with Gasteiger partial charge in [0.1, 0.15) is 23.0 Å². The van der Waals surface area contributed by atoms with Gasteiger partial charge in [0.2, 0.25) is 0 Å². The van der Waals surface area contributed by atoms with Gasteiger partial charge in [-0.2, -0.15) is 15.1 Å². The van der Waals surface area contributed by atoms with Crippen molar-refractivity contribution in [2.45, 2.75) is 78.9 Å². The van der Waals surface area contributed by atoms with Gasteiger partial charge in [-0.05, 0) is 95.7 Å². The highest BCUT2D eigenvalue weighted by Crippen LogP contribution is 2.47. The van der Waals surface area contributed by atoms with E-state index < -0.39 is 5.60 Å². The van der Waals surface area contributed by atoms with Crippen LogP contribution >= 0.6 is 0 Å². The minimum Gasteiger partial charge on any atom is -0.491 e. The van der Waals surface area contributed by atoms with Crippen molar-refractivity contribution < 1.29 is 19.0 Å². The smallest absolute Gasteiger partial charge is 0.410 e. The number of hydrogen-bond acceptors (Lipinski definition) is 9. The third-order valence-electron chi connectivity index (χ3n) is 10.6. The quantitative estimate of drug-likeness (QED) is 0.206. The van der Waals surface area contributed by atoms with E-state index in [0.717, 1.165) is 121 Å². The first-order valence-electron chi connectivity index (χ1n) is 18.2. The Morgan fingerprint density at radius 3 is 2.46 bits per heavy atom. The van der Waals surface area contributed by atoms with E-state index in [9.17, 15) is 4.79 Å². The van der Waals surface area contributed by atoms with Crippen molar-refractivity contribution >= 4 is 39.8 Å². The summed E-state index contributed by atoms with van der Waals surface area (Å²) < 4.78 is 18.8. The average Bonchev–Trinajstić information content (AvgIpc) is 3.56. The number of benzene rings is 2. The van der Waals surface area contributed by atoms with Crippen molar-refractivity contribution in [2.75, 3.05) is 57.3 Å². The zero-order chi connectivity index (χ0) is 35.2. The number of piperidine rings is 2. The maximum atomic E-state index is 12.7. The summed E-state index contributed by atoms with van der Waals surface area (Å²) in [6.07, 6.45) is 7.38. The molecule has 0 atom stereocenters. The SMILES string of the molecule is C=Cc1cc2c(N3CCC4(CC3)CN(C(=O)OC(C)(C)C)C4)nc(OC3CCN(CC)CC3)nc2c(OCC)c1-c1c(C)ccc2[nH]ncc12. The van der Waals surface area contributed by atoms with Crippen molar-refractivity contribution in [3.63, 3.8) is 0 Å². The number of carbonyl (C=O) groups is 1. The highest BCUT2D eigenvalue weighted by Gasteiger charge is 2.48. The predicted molar refractivity (Wildman–Crippen MR) is 198 cm³/mol. The number of ether oxygens (including phenoxy) is 3. The molecule has 1 spiro atoms. The molecule has 1 amide bonds. The molecule has 3 aliphatic heterocycles. The molecule has 0 bridgehead atoms. The summed E-state index contributed by atoms with van der Waals surface area (Å²) in [6.45, 7) is 22.9. The molecule has 4 aromatic rings. The molecule has 2 aromatic carbocycles. The molecule has 3 saturated heterocycles. The Morgan fingerprint density at radius 1 is 1.06 bits per heavy atom. The molecule has 3 fully saturated rings. The van der Waals surface area contributed by atoms with Crippen LogP contribution in [0.3, 0.4) is 0 Å². The van der Waals surface area contributed by atoms with Crippen molar-refractivity contribution in [2.24, 2.45) is 5.41 Å². The molecule has 1 N–H and O–H groups in total. The molecule has 11 nitrogen and oxygen atoms in total. The molecule has 3 aliphatic rings. The monoisotopic (exact) mass is 681 g/mol. The molecule has 7 rings (SSSR count). The molecule has 0 aliphatic carbocycles. The van der Waals surface area contributed by atoms with E-state index in [1.807, 2.05) is 44.9 Å². The number of H-pyrrole nitrogens is 1. The molecular formula is C39H51N7O4. The van der Waals surface area contributed by atoms with Gasteiger partial charge in [0.15, 0.2) is 5.75 Å². The van der Waals surface area contributed by atoms with Gasteiger partial charge in [-0.3, -0.25) is 5.10 Å². The molecular weight excluding hydrogens is 630 g/mol. The van der Waals surface area contributed by atoms with Crippen LogP contribution in [-0.4, -0.2) is 100 Å². The van der Waals surface area contributed by atoms with Crippen LogP contribution in [-0.2, 0) is 4.74 Å². The highest BCUT2D eigenvalue weighted by molar-refractivity contribution is 6.07. The number of rotatable bonds is 8. The standard InChI is InChI=1S/C39H51N7O4/c1-8-26-21-28-33(34(48-10-3)32(26)31-25(4)11-12-30-29(31)22-40-43-30)41-36(49-27-13-17-44(9-2)18-14-27)42-35(28)45-19-15-39(16-20-45)23-46(24-39)37(47)50-38(5,6)7/h8,11-12,21-22,27H,1,9-10,13-20,23-24H2,2-7H3,(H,40,43). The summed E-state index contributed by atoms with van der Waals surface area (Å²) in [5.41, 5.74) is 5.33. The summed E-state index contributed by atoms with van der Waals surface area (Å²) in [4.78, 5) is 29.7. The second kappa shape index (κ2) is 13.4. The molecule has 11 heteroatoms. The van der Waals surface area contributed by atoms with Crippen molar-refractivity contribution in [1.29, 1.82) is 0 Å². The lowest BCUT2D eigenvalue weighted by Gasteiger charge is -2.53. The lowest BCUT2D eigenvalue weighted by Crippen LogP contribution is -2.62. The Labute approximate surface area is 295 Å². The number of nitrogens with zero attached hydrogens (tertiary/aromatic N) is 6. The van der Waals surface area contributed by atoms with Gasteiger partial charge in [-0.15, -0.1) is 0 Å². The zero-order valence-corrected chi connectivity index (χ0v) is 30.5. The number of amides is 1. The summed E-state index contributed by atoms with van der Waals surface area (Å²) in [7, 11) is 0. The molecule has 0 radical (unpaired) electrons. The van der Waals surface area contributed by atoms with Gasteiger partial charge in [0, 0.05) is 61.0 Å². The van der Waals surface area contributed by atoms with Crippen LogP contribution in [0.5, 0.6) is 11.8 Å². The highest BCUT2D eigenvalue weighted by atomic mass is 16.6. The fourth-order valence-electron chi connectivity index (χ4n) is 7.90. The van der Waals surface area contributed by atoms with Crippen LogP contribution < -0.4 is 14.4 Å². The number of nitrogens with one attached hydrogen (secondary N) is 1. The fourth-order valence-corrected chi connectivity index (χ4v) is 7.90. The maximum Gasteiger partial charge on any atom is 0.410 e. The predicted octanol–water partition coefficient (Wildman–Crippen LogP) is 7.22. The molecule has 266 valence electrons. The Kier molecular flexibility index (Phi) is 9.13. The lowest BCUT2D eigenvalue weighted by atomic mass is 9.72. The molecule has 50 heavy (non-hydrogen) atoms. The van der Waals surface area contributed by atoms with Crippen LogP contribution in [0, 0.1) is 12.3 Å². The van der Waals surface area contributed by atoms with Crippen molar-refractivity contribution in [3.8, 4) is 22.9 Å². The number of carbonyl (C=O) groups excluding carboxylic acids is 1. The van der Waals surface area contributed by atoms with E-state index in [1.54, 1.807) is 0 Å². The van der Waals surface area contributed by atoms with E-state index in [0.29, 0.717) is 18.4 Å². The van der Waals surface area contributed by atoms with Crippen molar-refractivity contribution in [1.82, 2.24) is 30.0 Å².